The van der Waals surface area contributed by atoms with Gasteiger partial charge in [-0.15, -0.1) is 0 Å². The van der Waals surface area contributed by atoms with Gasteiger partial charge < -0.3 is 10.2 Å². The number of aliphatic carboxylic acids is 1. The minimum absolute atomic E-state index is 0.0620. The number of piperidine rings is 1. The van der Waals surface area contributed by atoms with Gasteiger partial charge in [0.05, 0.1) is 18.6 Å². The van der Waals surface area contributed by atoms with E-state index in [0.29, 0.717) is 0 Å². The Morgan fingerprint density at radius 2 is 1.79 bits per heavy atom. The van der Waals surface area contributed by atoms with Gasteiger partial charge in [-0.25, -0.2) is 0 Å². The van der Waals surface area contributed by atoms with Gasteiger partial charge in [0.2, 0.25) is 0 Å². The zero-order chi connectivity index (χ0) is 13.7. The SMILES string of the molecule is O=C(O)CC(CO)(c1ccccc1)N1CCCCC1. The molecule has 19 heavy (non-hydrogen) atoms. The summed E-state index contributed by atoms with van der Waals surface area (Å²) in [6.45, 7) is 1.54. The summed E-state index contributed by atoms with van der Waals surface area (Å²) in [6.07, 6.45) is 3.25. The zero-order valence-corrected chi connectivity index (χ0v) is 11.1. The molecule has 0 aliphatic carbocycles. The standard InChI is InChI=1S/C15H21NO3/c17-12-15(11-14(18)19,13-7-3-1-4-8-13)16-9-5-2-6-10-16/h1,3-4,7-8,17H,2,5-6,9-12H2,(H,18,19). The van der Waals surface area contributed by atoms with Crippen LogP contribution in [-0.2, 0) is 10.3 Å². The average Bonchev–Trinajstić information content (AvgIpc) is 2.46. The van der Waals surface area contributed by atoms with Gasteiger partial charge in [-0.2, -0.15) is 0 Å². The molecule has 2 rings (SSSR count). The molecule has 0 aromatic heterocycles. The number of carboxylic acid groups (broad SMARTS) is 1. The molecule has 1 aliphatic heterocycles. The van der Waals surface area contributed by atoms with Crippen molar-refractivity contribution < 1.29 is 15.0 Å². The van der Waals surface area contributed by atoms with E-state index in [4.69, 9.17) is 0 Å². The fraction of sp³-hybridized carbons (Fsp3) is 0.533. The largest absolute Gasteiger partial charge is 0.481 e. The summed E-state index contributed by atoms with van der Waals surface area (Å²) in [5, 5.41) is 19.2. The van der Waals surface area contributed by atoms with E-state index < -0.39 is 11.5 Å². The Hall–Kier alpha value is -1.39. The highest BCUT2D eigenvalue weighted by atomic mass is 16.4. The van der Waals surface area contributed by atoms with Gasteiger partial charge in [0, 0.05) is 0 Å². The molecule has 0 amide bonds. The van der Waals surface area contributed by atoms with E-state index in [9.17, 15) is 15.0 Å². The fourth-order valence-electron chi connectivity index (χ4n) is 2.96. The van der Waals surface area contributed by atoms with Crippen LogP contribution in [0.5, 0.6) is 0 Å². The van der Waals surface area contributed by atoms with Crippen LogP contribution in [0.15, 0.2) is 30.3 Å². The van der Waals surface area contributed by atoms with Crippen LogP contribution in [-0.4, -0.2) is 40.8 Å². The van der Waals surface area contributed by atoms with Crippen molar-refractivity contribution in [2.75, 3.05) is 19.7 Å². The minimum Gasteiger partial charge on any atom is -0.481 e. The van der Waals surface area contributed by atoms with Crippen LogP contribution in [0.1, 0.15) is 31.2 Å². The molecule has 0 spiro atoms. The van der Waals surface area contributed by atoms with Gasteiger partial charge in [0.1, 0.15) is 0 Å². The Morgan fingerprint density at radius 1 is 1.16 bits per heavy atom. The molecular formula is C15H21NO3. The number of aliphatic hydroxyl groups excluding tert-OH is 1. The van der Waals surface area contributed by atoms with Crippen LogP contribution >= 0.6 is 0 Å². The minimum atomic E-state index is -0.872. The molecule has 4 nitrogen and oxygen atoms in total. The maximum absolute atomic E-state index is 11.3. The van der Waals surface area contributed by atoms with Crippen LogP contribution in [0, 0.1) is 0 Å². The molecule has 1 aromatic carbocycles. The third-order valence-electron chi connectivity index (χ3n) is 3.98. The molecule has 1 atom stereocenters. The van der Waals surface area contributed by atoms with Gasteiger partial charge in [-0.05, 0) is 31.5 Å². The van der Waals surface area contributed by atoms with Gasteiger partial charge in [-0.3, -0.25) is 9.69 Å². The highest BCUT2D eigenvalue weighted by molar-refractivity contribution is 5.69. The van der Waals surface area contributed by atoms with E-state index in [1.807, 2.05) is 30.3 Å². The van der Waals surface area contributed by atoms with Crippen LogP contribution < -0.4 is 0 Å². The normalized spacial score (nSPS) is 19.8. The fourth-order valence-corrected chi connectivity index (χ4v) is 2.96. The first-order chi connectivity index (χ1) is 9.19. The van der Waals surface area contributed by atoms with E-state index in [0.717, 1.165) is 31.5 Å². The smallest absolute Gasteiger partial charge is 0.305 e. The van der Waals surface area contributed by atoms with Crippen molar-refractivity contribution in [3.8, 4) is 0 Å². The number of aliphatic hydroxyl groups is 1. The van der Waals surface area contributed by atoms with E-state index in [-0.39, 0.29) is 13.0 Å². The predicted octanol–water partition coefficient (Wildman–Crippen LogP) is 1.83. The predicted molar refractivity (Wildman–Crippen MR) is 72.9 cm³/mol. The monoisotopic (exact) mass is 263 g/mol. The van der Waals surface area contributed by atoms with Gasteiger partial charge in [0.25, 0.3) is 0 Å². The lowest BCUT2D eigenvalue weighted by atomic mass is 9.84. The number of carbonyl (C=O) groups is 1. The Balaban J connectivity index is 2.37. The molecule has 0 saturated carbocycles. The lowest BCUT2D eigenvalue weighted by Gasteiger charge is -2.44. The molecule has 104 valence electrons. The van der Waals surface area contributed by atoms with Gasteiger partial charge in [0.15, 0.2) is 0 Å². The second kappa shape index (κ2) is 6.17. The number of benzene rings is 1. The highest BCUT2D eigenvalue weighted by Gasteiger charge is 2.40. The molecule has 1 aromatic rings. The molecule has 1 saturated heterocycles. The van der Waals surface area contributed by atoms with E-state index >= 15 is 0 Å². The number of likely N-dealkylation sites (tertiary alicyclic amines) is 1. The lowest BCUT2D eigenvalue weighted by Crippen LogP contribution is -2.52. The van der Waals surface area contributed by atoms with Crippen LogP contribution in [0.25, 0.3) is 0 Å². The van der Waals surface area contributed by atoms with E-state index in [1.54, 1.807) is 0 Å². The maximum atomic E-state index is 11.3. The molecule has 0 radical (unpaired) electrons. The van der Waals surface area contributed by atoms with E-state index in [2.05, 4.69) is 4.90 Å². The Bertz CT molecular complexity index is 415. The summed E-state index contributed by atoms with van der Waals surface area (Å²) in [6, 6.07) is 9.52. The van der Waals surface area contributed by atoms with Crippen LogP contribution in [0.3, 0.4) is 0 Å². The zero-order valence-electron chi connectivity index (χ0n) is 11.1. The average molecular weight is 263 g/mol. The molecule has 1 fully saturated rings. The summed E-state index contributed by atoms with van der Waals surface area (Å²) in [7, 11) is 0. The molecule has 0 bridgehead atoms. The highest BCUT2D eigenvalue weighted by Crippen LogP contribution is 2.34. The molecule has 1 unspecified atom stereocenters. The van der Waals surface area contributed by atoms with Crippen molar-refractivity contribution in [1.82, 2.24) is 4.90 Å². The number of hydrogen-bond donors (Lipinski definition) is 2. The Kier molecular flexibility index (Phi) is 4.56. The number of hydrogen-bond acceptors (Lipinski definition) is 3. The van der Waals surface area contributed by atoms with Crippen molar-refractivity contribution in [2.24, 2.45) is 0 Å². The first-order valence-corrected chi connectivity index (χ1v) is 6.82. The first kappa shape index (κ1) is 14.0. The molecule has 2 N–H and O–H groups in total. The Labute approximate surface area is 113 Å². The van der Waals surface area contributed by atoms with Crippen molar-refractivity contribution in [1.29, 1.82) is 0 Å². The number of rotatable bonds is 5. The summed E-state index contributed by atoms with van der Waals surface area (Å²) in [4.78, 5) is 13.4. The lowest BCUT2D eigenvalue weighted by molar-refractivity contribution is -0.142. The van der Waals surface area contributed by atoms with Gasteiger partial charge >= 0.3 is 5.97 Å². The summed E-state index contributed by atoms with van der Waals surface area (Å²) in [5.74, 6) is -0.872. The summed E-state index contributed by atoms with van der Waals surface area (Å²) in [5.41, 5.74) is 0.106. The van der Waals surface area contributed by atoms with Crippen molar-refractivity contribution in [2.45, 2.75) is 31.2 Å². The molecule has 1 aliphatic rings. The third kappa shape index (κ3) is 2.96. The van der Waals surface area contributed by atoms with Crippen LogP contribution in [0.4, 0.5) is 0 Å². The van der Waals surface area contributed by atoms with Crippen molar-refractivity contribution in [3.63, 3.8) is 0 Å². The second-order valence-electron chi connectivity index (χ2n) is 5.17. The second-order valence-corrected chi connectivity index (χ2v) is 5.17. The topological polar surface area (TPSA) is 60.8 Å². The Morgan fingerprint density at radius 3 is 2.32 bits per heavy atom. The quantitative estimate of drug-likeness (QED) is 0.851. The van der Waals surface area contributed by atoms with Gasteiger partial charge in [-0.1, -0.05) is 36.8 Å². The maximum Gasteiger partial charge on any atom is 0.305 e. The molecular weight excluding hydrogens is 242 g/mol. The third-order valence-corrected chi connectivity index (χ3v) is 3.98. The number of nitrogens with zero attached hydrogens (tertiary/aromatic N) is 1. The summed E-state index contributed by atoms with van der Waals surface area (Å²) >= 11 is 0. The molecule has 4 heteroatoms. The van der Waals surface area contributed by atoms with Crippen molar-refractivity contribution in [3.05, 3.63) is 35.9 Å². The van der Waals surface area contributed by atoms with E-state index in [1.165, 1.54) is 6.42 Å². The summed E-state index contributed by atoms with van der Waals surface area (Å²) < 4.78 is 0. The number of carboxylic acids is 1. The molecule has 1 heterocycles. The van der Waals surface area contributed by atoms with Crippen LogP contribution in [0.2, 0.25) is 0 Å². The first-order valence-electron chi connectivity index (χ1n) is 6.82. The van der Waals surface area contributed by atoms with Crippen molar-refractivity contribution >= 4 is 5.97 Å².